The van der Waals surface area contributed by atoms with Crippen molar-refractivity contribution in [3.05, 3.63) is 29.8 Å². The van der Waals surface area contributed by atoms with Gasteiger partial charge >= 0.3 is 5.97 Å². The van der Waals surface area contributed by atoms with Gasteiger partial charge in [0.1, 0.15) is 11.8 Å². The van der Waals surface area contributed by atoms with Gasteiger partial charge in [0.25, 0.3) is 0 Å². The van der Waals surface area contributed by atoms with Gasteiger partial charge in [0.05, 0.1) is 13.5 Å². The number of methoxy groups -OCH3 is 1. The van der Waals surface area contributed by atoms with Crippen LogP contribution in [0.4, 0.5) is 0 Å². The minimum absolute atomic E-state index is 0.0425. The number of carbonyl (C=O) groups excluding carboxylic acids is 1. The second-order valence-corrected chi connectivity index (χ2v) is 3.89. The summed E-state index contributed by atoms with van der Waals surface area (Å²) >= 11 is 0. The van der Waals surface area contributed by atoms with E-state index in [4.69, 9.17) is 16.3 Å². The number of ether oxygens (including phenoxy) is 1. The fourth-order valence-corrected chi connectivity index (χ4v) is 1.53. The molecule has 5 nitrogen and oxygen atoms in total. The van der Waals surface area contributed by atoms with Crippen LogP contribution in [0.25, 0.3) is 0 Å². The molecule has 100 valence electrons. The Balaban J connectivity index is 2.63. The summed E-state index contributed by atoms with van der Waals surface area (Å²) in [6.45, 7) is 0. The average molecular weight is 261 g/mol. The van der Waals surface area contributed by atoms with Crippen LogP contribution in [0.3, 0.4) is 0 Å². The molecule has 0 aliphatic heterocycles. The van der Waals surface area contributed by atoms with E-state index in [1.165, 1.54) is 7.11 Å². The molecule has 19 heavy (non-hydrogen) atoms. The van der Waals surface area contributed by atoms with Crippen molar-refractivity contribution < 1.29 is 19.4 Å². The van der Waals surface area contributed by atoms with Crippen molar-refractivity contribution in [3.8, 4) is 18.1 Å². The van der Waals surface area contributed by atoms with Gasteiger partial charge in [-0.2, -0.15) is 0 Å². The Bertz CT molecular complexity index is 504. The smallest absolute Gasteiger partial charge is 0.327 e. The molecular formula is C14H15NO4. The number of carboxylic acid groups (broad SMARTS) is 1. The van der Waals surface area contributed by atoms with Crippen molar-refractivity contribution in [1.29, 1.82) is 0 Å². The number of hydrogen-bond acceptors (Lipinski definition) is 3. The van der Waals surface area contributed by atoms with Crippen molar-refractivity contribution in [2.24, 2.45) is 0 Å². The molecule has 1 atom stereocenters. The zero-order valence-corrected chi connectivity index (χ0v) is 10.6. The number of benzene rings is 1. The molecular weight excluding hydrogens is 246 g/mol. The molecule has 0 fully saturated rings. The number of carbonyl (C=O) groups is 2. The Morgan fingerprint density at radius 3 is 2.84 bits per heavy atom. The zero-order chi connectivity index (χ0) is 14.3. The third-order valence-corrected chi connectivity index (χ3v) is 2.45. The van der Waals surface area contributed by atoms with E-state index >= 15 is 0 Å². The average Bonchev–Trinajstić information content (AvgIpc) is 2.38. The number of terminal acetylenes is 1. The molecule has 0 aliphatic rings. The first-order valence-electron chi connectivity index (χ1n) is 5.65. The highest BCUT2D eigenvalue weighted by molar-refractivity contribution is 5.85. The van der Waals surface area contributed by atoms with E-state index in [9.17, 15) is 9.59 Å². The lowest BCUT2D eigenvalue weighted by Crippen LogP contribution is -2.41. The topological polar surface area (TPSA) is 75.6 Å². The standard InChI is InChI=1S/C14H15NO4/c1-3-5-12(14(17)18)15-13(16)9-10-6-4-7-11(8-10)19-2/h1,4,6-8,12H,5,9H2,2H3,(H,15,16)(H,17,18). The quantitative estimate of drug-likeness (QED) is 0.744. The largest absolute Gasteiger partial charge is 0.497 e. The number of hydrogen-bond donors (Lipinski definition) is 2. The van der Waals surface area contributed by atoms with Crippen molar-refractivity contribution >= 4 is 11.9 Å². The first-order valence-corrected chi connectivity index (χ1v) is 5.65. The van der Waals surface area contributed by atoms with Crippen LogP contribution < -0.4 is 10.1 Å². The van der Waals surface area contributed by atoms with Crippen LogP contribution in [0.5, 0.6) is 5.75 Å². The van der Waals surface area contributed by atoms with Crippen LogP contribution in [-0.2, 0) is 16.0 Å². The van der Waals surface area contributed by atoms with E-state index < -0.39 is 17.9 Å². The van der Waals surface area contributed by atoms with Crippen LogP contribution in [0.1, 0.15) is 12.0 Å². The highest BCUT2D eigenvalue weighted by Crippen LogP contribution is 2.12. The van der Waals surface area contributed by atoms with Crippen LogP contribution >= 0.6 is 0 Å². The molecule has 0 heterocycles. The molecule has 1 unspecified atom stereocenters. The highest BCUT2D eigenvalue weighted by atomic mass is 16.5. The van der Waals surface area contributed by atoms with Crippen molar-refractivity contribution in [3.63, 3.8) is 0 Å². The van der Waals surface area contributed by atoms with Gasteiger partial charge in [0.15, 0.2) is 0 Å². The summed E-state index contributed by atoms with van der Waals surface area (Å²) < 4.78 is 5.04. The molecule has 0 aromatic heterocycles. The third-order valence-electron chi connectivity index (χ3n) is 2.45. The van der Waals surface area contributed by atoms with E-state index in [2.05, 4.69) is 11.2 Å². The fourth-order valence-electron chi connectivity index (χ4n) is 1.53. The lowest BCUT2D eigenvalue weighted by Gasteiger charge is -2.12. The van der Waals surface area contributed by atoms with Gasteiger partial charge in [-0.15, -0.1) is 12.3 Å². The Hall–Kier alpha value is -2.48. The summed E-state index contributed by atoms with van der Waals surface area (Å²) in [5, 5.41) is 11.3. The molecule has 5 heteroatoms. The van der Waals surface area contributed by atoms with Crippen LogP contribution in [0.2, 0.25) is 0 Å². The molecule has 1 amide bonds. The van der Waals surface area contributed by atoms with Crippen molar-refractivity contribution in [2.75, 3.05) is 7.11 Å². The minimum atomic E-state index is -1.14. The summed E-state index contributed by atoms with van der Waals surface area (Å²) in [6.07, 6.45) is 5.08. The predicted octanol–water partition coefficient (Wildman–Crippen LogP) is 0.830. The maximum absolute atomic E-state index is 11.7. The molecule has 0 spiro atoms. The second-order valence-electron chi connectivity index (χ2n) is 3.89. The molecule has 2 N–H and O–H groups in total. The third kappa shape index (κ3) is 4.72. The van der Waals surface area contributed by atoms with Crippen LogP contribution in [0, 0.1) is 12.3 Å². The highest BCUT2D eigenvalue weighted by Gasteiger charge is 2.18. The maximum atomic E-state index is 11.7. The van der Waals surface area contributed by atoms with Crippen LogP contribution in [0.15, 0.2) is 24.3 Å². The number of rotatable bonds is 6. The Labute approximate surface area is 111 Å². The lowest BCUT2D eigenvalue weighted by atomic mass is 10.1. The molecule has 1 rings (SSSR count). The minimum Gasteiger partial charge on any atom is -0.497 e. The molecule has 0 radical (unpaired) electrons. The predicted molar refractivity (Wildman–Crippen MR) is 69.7 cm³/mol. The fraction of sp³-hybridized carbons (Fsp3) is 0.286. The summed E-state index contributed by atoms with van der Waals surface area (Å²) in [5.74, 6) is 1.33. The first-order chi connectivity index (χ1) is 9.06. The molecule has 1 aromatic carbocycles. The summed E-state index contributed by atoms with van der Waals surface area (Å²) in [4.78, 5) is 22.6. The molecule has 0 saturated heterocycles. The van der Waals surface area contributed by atoms with Gasteiger partial charge < -0.3 is 15.2 Å². The maximum Gasteiger partial charge on any atom is 0.327 e. The second kappa shape index (κ2) is 7.07. The Morgan fingerprint density at radius 1 is 1.53 bits per heavy atom. The SMILES string of the molecule is C#CCC(NC(=O)Cc1cccc(OC)c1)C(=O)O. The van der Waals surface area contributed by atoms with Crippen molar-refractivity contribution in [2.45, 2.75) is 18.9 Å². The van der Waals surface area contributed by atoms with Gasteiger partial charge in [-0.3, -0.25) is 4.79 Å². The number of amides is 1. The van der Waals surface area contributed by atoms with Gasteiger partial charge in [-0.25, -0.2) is 4.79 Å². The van der Waals surface area contributed by atoms with E-state index in [-0.39, 0.29) is 12.8 Å². The molecule has 0 saturated carbocycles. The van der Waals surface area contributed by atoms with Gasteiger partial charge in [0, 0.05) is 6.42 Å². The number of nitrogens with one attached hydrogen (secondary N) is 1. The zero-order valence-electron chi connectivity index (χ0n) is 10.6. The Morgan fingerprint density at radius 2 is 2.26 bits per heavy atom. The van der Waals surface area contributed by atoms with E-state index in [0.29, 0.717) is 5.75 Å². The Kier molecular flexibility index (Phi) is 5.42. The monoisotopic (exact) mass is 261 g/mol. The molecule has 0 aliphatic carbocycles. The van der Waals surface area contributed by atoms with Gasteiger partial charge in [-0.1, -0.05) is 12.1 Å². The summed E-state index contributed by atoms with van der Waals surface area (Å²) in [5.41, 5.74) is 0.738. The number of aliphatic carboxylic acids is 1. The molecule has 1 aromatic rings. The molecule has 0 bridgehead atoms. The van der Waals surface area contributed by atoms with Gasteiger partial charge in [-0.05, 0) is 17.7 Å². The summed E-state index contributed by atoms with van der Waals surface area (Å²) in [7, 11) is 1.53. The summed E-state index contributed by atoms with van der Waals surface area (Å²) in [6, 6.07) is 5.95. The normalized spacial score (nSPS) is 11.2. The van der Waals surface area contributed by atoms with Gasteiger partial charge in [0.2, 0.25) is 5.91 Å². The number of carboxylic acids is 1. The van der Waals surface area contributed by atoms with Crippen LogP contribution in [-0.4, -0.2) is 30.1 Å². The van der Waals surface area contributed by atoms with E-state index in [0.717, 1.165) is 5.56 Å². The van der Waals surface area contributed by atoms with Crippen molar-refractivity contribution in [1.82, 2.24) is 5.32 Å². The first kappa shape index (κ1) is 14.6. The van der Waals surface area contributed by atoms with E-state index in [1.807, 2.05) is 0 Å². The lowest BCUT2D eigenvalue weighted by molar-refractivity contribution is -0.141. The van der Waals surface area contributed by atoms with E-state index in [1.54, 1.807) is 24.3 Å².